The van der Waals surface area contributed by atoms with Gasteiger partial charge >= 0.3 is 0 Å². The number of hydrogen-bond acceptors (Lipinski definition) is 3. The van der Waals surface area contributed by atoms with E-state index >= 15 is 0 Å². The molecular weight excluding hydrogens is 364 g/mol. The van der Waals surface area contributed by atoms with Gasteiger partial charge in [0.05, 0.1) is 17.1 Å². The highest BCUT2D eigenvalue weighted by Crippen LogP contribution is 2.13. The minimum atomic E-state index is -0.608. The summed E-state index contributed by atoms with van der Waals surface area (Å²) in [4.78, 5) is 11.8. The lowest BCUT2D eigenvalue weighted by Crippen LogP contribution is -2.42. The van der Waals surface area contributed by atoms with Crippen LogP contribution in [0.1, 0.15) is 20.8 Å². The molecule has 0 aromatic carbocycles. The molecule has 0 saturated heterocycles. The van der Waals surface area contributed by atoms with E-state index in [-0.39, 0.29) is 17.6 Å². The fourth-order valence-corrected chi connectivity index (χ4v) is 2.67. The monoisotopic (exact) mass is 380 g/mol. The fraction of sp³-hybridized carbons (Fsp3) is 0.583. The van der Waals surface area contributed by atoms with Gasteiger partial charge in [-0.3, -0.25) is 4.79 Å². The van der Waals surface area contributed by atoms with E-state index in [0.717, 1.165) is 4.47 Å². The lowest BCUT2D eigenvalue weighted by molar-refractivity contribution is 0.140. The molecule has 0 fully saturated rings. The Kier molecular flexibility index (Phi) is 5.58. The van der Waals surface area contributed by atoms with E-state index in [1.54, 1.807) is 12.3 Å². The van der Waals surface area contributed by atoms with Gasteiger partial charge < -0.3 is 15.0 Å². The molecule has 4 nitrogen and oxygen atoms in total. The predicted molar refractivity (Wildman–Crippen MR) is 79.9 cm³/mol. The van der Waals surface area contributed by atoms with Crippen molar-refractivity contribution in [3.8, 4) is 0 Å². The molecule has 102 valence electrons. The first-order valence-corrected chi connectivity index (χ1v) is 7.26. The quantitative estimate of drug-likeness (QED) is 0.839. The van der Waals surface area contributed by atoms with Crippen molar-refractivity contribution in [2.24, 2.45) is 0 Å². The Hall–Kier alpha value is -0.170. The van der Waals surface area contributed by atoms with Gasteiger partial charge in [0.1, 0.15) is 0 Å². The van der Waals surface area contributed by atoms with Crippen LogP contribution < -0.4 is 10.9 Å². The van der Waals surface area contributed by atoms with Gasteiger partial charge in [0.2, 0.25) is 0 Å². The van der Waals surface area contributed by atoms with E-state index in [2.05, 4.69) is 37.2 Å². The van der Waals surface area contributed by atoms with Crippen molar-refractivity contribution >= 4 is 31.9 Å². The lowest BCUT2D eigenvalue weighted by Gasteiger charge is -2.23. The van der Waals surface area contributed by atoms with Crippen LogP contribution in [0.2, 0.25) is 0 Å². The number of aliphatic hydroxyl groups is 1. The highest BCUT2D eigenvalue weighted by molar-refractivity contribution is 9.11. The lowest BCUT2D eigenvalue weighted by atomic mass is 10.1. The molecule has 1 rings (SSSR count). The summed E-state index contributed by atoms with van der Waals surface area (Å²) in [6, 6.07) is 1.69. The van der Waals surface area contributed by atoms with E-state index in [1.165, 1.54) is 4.57 Å². The minimum Gasteiger partial charge on any atom is -0.390 e. The van der Waals surface area contributed by atoms with Gasteiger partial charge in [-0.2, -0.15) is 0 Å². The van der Waals surface area contributed by atoms with E-state index in [1.807, 2.05) is 20.8 Å². The maximum atomic E-state index is 11.8. The maximum absolute atomic E-state index is 11.8. The second-order valence-electron chi connectivity index (χ2n) is 5.25. The van der Waals surface area contributed by atoms with Gasteiger partial charge in [0, 0.05) is 22.8 Å². The van der Waals surface area contributed by atoms with Crippen molar-refractivity contribution in [3.63, 3.8) is 0 Å². The summed E-state index contributed by atoms with van der Waals surface area (Å²) >= 11 is 6.52. The molecule has 0 aliphatic rings. The van der Waals surface area contributed by atoms with Crippen molar-refractivity contribution in [2.45, 2.75) is 39.0 Å². The molecule has 18 heavy (non-hydrogen) atoms. The number of halogens is 2. The molecule has 1 aromatic heterocycles. The Morgan fingerprint density at radius 1 is 1.44 bits per heavy atom. The second-order valence-corrected chi connectivity index (χ2v) is 7.02. The first kappa shape index (κ1) is 15.9. The van der Waals surface area contributed by atoms with Crippen molar-refractivity contribution in [2.75, 3.05) is 6.54 Å². The SMILES string of the molecule is CC(C)(C)NCC(O)Cn1cc(Br)cc(Br)c1=O. The van der Waals surface area contributed by atoms with E-state index < -0.39 is 6.10 Å². The van der Waals surface area contributed by atoms with E-state index in [9.17, 15) is 9.90 Å². The van der Waals surface area contributed by atoms with Crippen LogP contribution in [0, 0.1) is 0 Å². The number of nitrogens with one attached hydrogen (secondary N) is 1. The zero-order valence-electron chi connectivity index (χ0n) is 10.7. The zero-order valence-corrected chi connectivity index (χ0v) is 13.9. The molecule has 6 heteroatoms. The first-order chi connectivity index (χ1) is 8.19. The standard InChI is InChI=1S/C12H18Br2N2O2/c1-12(2,3)15-5-9(17)7-16-6-8(13)4-10(14)11(16)18/h4,6,9,15,17H,5,7H2,1-3H3. The molecule has 0 amide bonds. The van der Waals surface area contributed by atoms with Crippen molar-refractivity contribution in [1.82, 2.24) is 9.88 Å². The largest absolute Gasteiger partial charge is 0.390 e. The van der Waals surface area contributed by atoms with Gasteiger partial charge in [-0.05, 0) is 58.7 Å². The molecule has 0 aliphatic carbocycles. The highest BCUT2D eigenvalue weighted by atomic mass is 79.9. The van der Waals surface area contributed by atoms with Crippen molar-refractivity contribution in [1.29, 1.82) is 0 Å². The van der Waals surface area contributed by atoms with Crippen LogP contribution in [0.25, 0.3) is 0 Å². The average molecular weight is 382 g/mol. The third-order valence-corrected chi connectivity index (χ3v) is 3.29. The Morgan fingerprint density at radius 3 is 2.61 bits per heavy atom. The topological polar surface area (TPSA) is 54.3 Å². The molecule has 1 aromatic rings. The van der Waals surface area contributed by atoms with Crippen LogP contribution in [-0.2, 0) is 6.54 Å². The van der Waals surface area contributed by atoms with Gasteiger partial charge in [0.15, 0.2) is 0 Å². The van der Waals surface area contributed by atoms with Gasteiger partial charge in [0.25, 0.3) is 5.56 Å². The number of hydrogen-bond donors (Lipinski definition) is 2. The number of nitrogens with zero attached hydrogens (tertiary/aromatic N) is 1. The van der Waals surface area contributed by atoms with Gasteiger partial charge in [-0.15, -0.1) is 0 Å². The van der Waals surface area contributed by atoms with Gasteiger partial charge in [-0.1, -0.05) is 0 Å². The summed E-state index contributed by atoms with van der Waals surface area (Å²) in [6.45, 7) is 6.80. The Morgan fingerprint density at radius 2 is 2.06 bits per heavy atom. The van der Waals surface area contributed by atoms with E-state index in [4.69, 9.17) is 0 Å². The summed E-state index contributed by atoms with van der Waals surface area (Å²) in [6.07, 6.45) is 1.07. The molecule has 0 saturated carbocycles. The number of aliphatic hydroxyl groups excluding tert-OH is 1. The van der Waals surface area contributed by atoms with Crippen LogP contribution >= 0.6 is 31.9 Å². The number of β-amino-alcohol motifs (C(OH)–C–C–N with tert-alkyl or cyclic N) is 1. The molecule has 0 spiro atoms. The third-order valence-electron chi connectivity index (χ3n) is 2.28. The smallest absolute Gasteiger partial charge is 0.264 e. The molecule has 2 N–H and O–H groups in total. The Bertz CT molecular complexity index is 466. The first-order valence-electron chi connectivity index (χ1n) is 5.67. The number of pyridine rings is 1. The van der Waals surface area contributed by atoms with Crippen LogP contribution in [0.15, 0.2) is 26.0 Å². The Balaban J connectivity index is 2.71. The summed E-state index contributed by atoms with van der Waals surface area (Å²) in [5.74, 6) is 0. The number of rotatable bonds is 4. The molecule has 1 unspecified atom stereocenters. The molecular formula is C12H18Br2N2O2. The average Bonchev–Trinajstić information content (AvgIpc) is 2.21. The van der Waals surface area contributed by atoms with Crippen LogP contribution in [0.3, 0.4) is 0 Å². The van der Waals surface area contributed by atoms with Crippen LogP contribution in [0.4, 0.5) is 0 Å². The minimum absolute atomic E-state index is 0.0518. The molecule has 0 aliphatic heterocycles. The van der Waals surface area contributed by atoms with Crippen LogP contribution in [0.5, 0.6) is 0 Å². The number of aromatic nitrogens is 1. The van der Waals surface area contributed by atoms with E-state index in [0.29, 0.717) is 11.0 Å². The molecule has 0 bridgehead atoms. The fourth-order valence-electron chi connectivity index (χ4n) is 1.42. The molecule has 1 atom stereocenters. The summed E-state index contributed by atoms with van der Waals surface area (Å²) < 4.78 is 2.77. The summed E-state index contributed by atoms with van der Waals surface area (Å²) in [5, 5.41) is 13.1. The Labute approximate surface area is 124 Å². The van der Waals surface area contributed by atoms with Gasteiger partial charge in [-0.25, -0.2) is 0 Å². The molecule has 0 radical (unpaired) electrons. The third kappa shape index (κ3) is 5.22. The predicted octanol–water partition coefficient (Wildman–Crippen LogP) is 2.12. The summed E-state index contributed by atoms with van der Waals surface area (Å²) in [7, 11) is 0. The van der Waals surface area contributed by atoms with Crippen molar-refractivity contribution < 1.29 is 5.11 Å². The normalized spacial score (nSPS) is 13.7. The molecule has 1 heterocycles. The van der Waals surface area contributed by atoms with Crippen LogP contribution in [-0.4, -0.2) is 27.9 Å². The second kappa shape index (κ2) is 6.32. The maximum Gasteiger partial charge on any atom is 0.264 e. The van der Waals surface area contributed by atoms with Crippen molar-refractivity contribution in [3.05, 3.63) is 31.6 Å². The highest BCUT2D eigenvalue weighted by Gasteiger charge is 2.13. The summed E-state index contributed by atoms with van der Waals surface area (Å²) in [5.41, 5.74) is -0.197. The zero-order chi connectivity index (χ0) is 13.9.